The van der Waals surface area contributed by atoms with Crippen LogP contribution in [0, 0.1) is 0 Å². The number of hydrogen-bond donors (Lipinski definition) is 0. The topological polar surface area (TPSA) is 62.5 Å². The molecule has 0 bridgehead atoms. The van der Waals surface area contributed by atoms with Crippen LogP contribution in [0.5, 0.6) is 0 Å². The molecule has 1 fully saturated rings. The van der Waals surface area contributed by atoms with E-state index in [4.69, 9.17) is 4.52 Å². The Morgan fingerprint density at radius 2 is 2.38 bits per heavy atom. The van der Waals surface area contributed by atoms with Crippen molar-refractivity contribution in [3.63, 3.8) is 0 Å². The summed E-state index contributed by atoms with van der Waals surface area (Å²) in [6.45, 7) is 1.43. The van der Waals surface area contributed by atoms with E-state index in [0.717, 1.165) is 24.9 Å². The molecular formula is C14H18N4O2S. The largest absolute Gasteiger partial charge is 0.344 e. The predicted molar refractivity (Wildman–Crippen MR) is 80.8 cm³/mol. The zero-order valence-corrected chi connectivity index (χ0v) is 13.0. The van der Waals surface area contributed by atoms with Gasteiger partial charge in [-0.1, -0.05) is 0 Å². The van der Waals surface area contributed by atoms with Crippen LogP contribution in [0.1, 0.15) is 35.0 Å². The number of carbonyl (C=O) groups is 1. The van der Waals surface area contributed by atoms with Crippen LogP contribution in [-0.2, 0) is 0 Å². The van der Waals surface area contributed by atoms with Crippen LogP contribution < -0.4 is 4.90 Å². The Morgan fingerprint density at radius 1 is 1.52 bits per heavy atom. The summed E-state index contributed by atoms with van der Waals surface area (Å²) in [5.41, 5.74) is 0.764. The maximum absolute atomic E-state index is 12.4. The van der Waals surface area contributed by atoms with Crippen LogP contribution in [-0.4, -0.2) is 48.1 Å². The van der Waals surface area contributed by atoms with Gasteiger partial charge in [0.25, 0.3) is 11.9 Å². The van der Waals surface area contributed by atoms with Crippen molar-refractivity contribution in [2.75, 3.05) is 32.1 Å². The molecule has 0 saturated carbocycles. The number of amides is 1. The molecule has 6 nitrogen and oxygen atoms in total. The van der Waals surface area contributed by atoms with Crippen molar-refractivity contribution in [1.29, 1.82) is 0 Å². The zero-order valence-electron chi connectivity index (χ0n) is 12.2. The molecule has 0 aromatic carbocycles. The first-order valence-corrected chi connectivity index (χ1v) is 7.92. The van der Waals surface area contributed by atoms with Crippen molar-refractivity contribution in [3.05, 3.63) is 28.3 Å². The van der Waals surface area contributed by atoms with Gasteiger partial charge in [-0.25, -0.2) is 0 Å². The lowest BCUT2D eigenvalue weighted by Gasteiger charge is -2.30. The summed E-state index contributed by atoms with van der Waals surface area (Å²) in [6, 6.07) is 1.87. The van der Waals surface area contributed by atoms with Gasteiger partial charge in [0.05, 0.1) is 11.5 Å². The van der Waals surface area contributed by atoms with Crippen molar-refractivity contribution in [2.24, 2.45) is 0 Å². The third kappa shape index (κ3) is 2.92. The number of hydrogen-bond acceptors (Lipinski definition) is 6. The summed E-state index contributed by atoms with van der Waals surface area (Å²) < 4.78 is 5.35. The number of rotatable bonds is 3. The number of carbonyl (C=O) groups excluding carboxylic acids is 1. The number of anilines is 1. The van der Waals surface area contributed by atoms with E-state index in [1.807, 2.05) is 40.7 Å². The molecule has 3 rings (SSSR count). The fraction of sp³-hybridized carbons (Fsp3) is 0.500. The zero-order chi connectivity index (χ0) is 14.8. The van der Waals surface area contributed by atoms with E-state index in [1.54, 1.807) is 11.3 Å². The smallest absolute Gasteiger partial charge is 0.265 e. The van der Waals surface area contributed by atoms with Crippen molar-refractivity contribution >= 4 is 23.2 Å². The summed E-state index contributed by atoms with van der Waals surface area (Å²) in [6.07, 6.45) is 1.93. The second-order valence-corrected chi connectivity index (χ2v) is 6.21. The van der Waals surface area contributed by atoms with Gasteiger partial charge in [0.15, 0.2) is 0 Å². The molecule has 0 spiro atoms. The van der Waals surface area contributed by atoms with Gasteiger partial charge in [0.1, 0.15) is 0 Å². The Kier molecular flexibility index (Phi) is 3.92. The monoisotopic (exact) mass is 306 g/mol. The second kappa shape index (κ2) is 5.85. The first kappa shape index (κ1) is 14.1. The quantitative estimate of drug-likeness (QED) is 0.870. The normalized spacial score (nSPS) is 18.8. The van der Waals surface area contributed by atoms with Gasteiger partial charge in [-0.15, -0.1) is 0 Å². The minimum Gasteiger partial charge on any atom is -0.344 e. The Hall–Kier alpha value is -1.89. The lowest BCUT2D eigenvalue weighted by molar-refractivity contribution is 0.0696. The Bertz CT molecular complexity index is 608. The fourth-order valence-corrected chi connectivity index (χ4v) is 3.14. The van der Waals surface area contributed by atoms with Crippen LogP contribution in [0.25, 0.3) is 0 Å². The lowest BCUT2D eigenvalue weighted by Crippen LogP contribution is -2.39. The van der Waals surface area contributed by atoms with Gasteiger partial charge in [0, 0.05) is 32.6 Å². The molecular weight excluding hydrogens is 288 g/mol. The summed E-state index contributed by atoms with van der Waals surface area (Å²) in [5, 5.41) is 7.77. The van der Waals surface area contributed by atoms with Crippen molar-refractivity contribution < 1.29 is 9.32 Å². The SMILES string of the molecule is CN(C)c1noc([C@@H]2CCCN(C(=O)c3ccsc3)C2)n1. The van der Waals surface area contributed by atoms with E-state index >= 15 is 0 Å². The van der Waals surface area contributed by atoms with E-state index in [1.165, 1.54) is 0 Å². The number of aromatic nitrogens is 2. The molecule has 1 aliphatic heterocycles. The minimum atomic E-state index is 0.0910. The Labute approximate surface area is 127 Å². The number of nitrogens with zero attached hydrogens (tertiary/aromatic N) is 4. The van der Waals surface area contributed by atoms with Crippen LogP contribution in [0.2, 0.25) is 0 Å². The molecule has 0 N–H and O–H groups in total. The molecule has 112 valence electrons. The van der Waals surface area contributed by atoms with E-state index in [9.17, 15) is 4.79 Å². The maximum atomic E-state index is 12.4. The second-order valence-electron chi connectivity index (χ2n) is 5.43. The molecule has 21 heavy (non-hydrogen) atoms. The fourth-order valence-electron chi connectivity index (χ4n) is 2.51. The molecule has 2 aromatic heterocycles. The minimum absolute atomic E-state index is 0.0910. The van der Waals surface area contributed by atoms with Crippen LogP contribution in [0.4, 0.5) is 5.95 Å². The van der Waals surface area contributed by atoms with E-state index < -0.39 is 0 Å². The van der Waals surface area contributed by atoms with Gasteiger partial charge >= 0.3 is 0 Å². The lowest BCUT2D eigenvalue weighted by atomic mass is 9.97. The standard InChI is InChI=1S/C14H18N4O2S/c1-17(2)14-15-12(20-16-14)10-4-3-6-18(8-10)13(19)11-5-7-21-9-11/h5,7,9-10H,3-4,6,8H2,1-2H3/t10-/m1/s1. The third-order valence-electron chi connectivity index (χ3n) is 3.66. The average Bonchev–Trinajstić information content (AvgIpc) is 3.18. The van der Waals surface area contributed by atoms with E-state index in [0.29, 0.717) is 18.4 Å². The van der Waals surface area contributed by atoms with Gasteiger partial charge in [-0.3, -0.25) is 4.79 Å². The molecule has 3 heterocycles. The highest BCUT2D eigenvalue weighted by atomic mass is 32.1. The van der Waals surface area contributed by atoms with Gasteiger partial charge < -0.3 is 14.3 Å². The molecule has 0 unspecified atom stereocenters. The molecule has 7 heteroatoms. The van der Waals surface area contributed by atoms with Crippen LogP contribution in [0.3, 0.4) is 0 Å². The maximum Gasteiger partial charge on any atom is 0.265 e. The molecule has 0 radical (unpaired) electrons. The van der Waals surface area contributed by atoms with Gasteiger partial charge in [-0.05, 0) is 29.4 Å². The van der Waals surface area contributed by atoms with Crippen LogP contribution >= 0.6 is 11.3 Å². The first-order chi connectivity index (χ1) is 10.1. The molecule has 2 aromatic rings. The number of thiophene rings is 1. The summed E-state index contributed by atoms with van der Waals surface area (Å²) in [4.78, 5) is 20.5. The Balaban J connectivity index is 1.72. The third-order valence-corrected chi connectivity index (χ3v) is 4.34. The predicted octanol–water partition coefficient (Wildman–Crippen LogP) is 2.22. The summed E-state index contributed by atoms with van der Waals surface area (Å²) in [7, 11) is 3.75. The first-order valence-electron chi connectivity index (χ1n) is 6.97. The van der Waals surface area contributed by atoms with Gasteiger partial charge in [-0.2, -0.15) is 16.3 Å². The molecule has 0 aliphatic carbocycles. The van der Waals surface area contributed by atoms with Crippen molar-refractivity contribution in [1.82, 2.24) is 15.0 Å². The molecule has 1 saturated heterocycles. The Morgan fingerprint density at radius 3 is 3.05 bits per heavy atom. The van der Waals surface area contributed by atoms with Crippen molar-refractivity contribution in [2.45, 2.75) is 18.8 Å². The highest BCUT2D eigenvalue weighted by molar-refractivity contribution is 7.08. The van der Waals surface area contributed by atoms with Crippen LogP contribution in [0.15, 0.2) is 21.3 Å². The highest BCUT2D eigenvalue weighted by Gasteiger charge is 2.29. The summed E-state index contributed by atoms with van der Waals surface area (Å²) >= 11 is 1.54. The average molecular weight is 306 g/mol. The van der Waals surface area contributed by atoms with E-state index in [2.05, 4.69) is 10.1 Å². The van der Waals surface area contributed by atoms with Crippen molar-refractivity contribution in [3.8, 4) is 0 Å². The van der Waals surface area contributed by atoms with E-state index in [-0.39, 0.29) is 11.8 Å². The molecule has 1 aliphatic rings. The van der Waals surface area contributed by atoms with Gasteiger partial charge in [0.2, 0.25) is 5.89 Å². The molecule has 1 atom stereocenters. The molecule has 1 amide bonds. The summed E-state index contributed by atoms with van der Waals surface area (Å²) in [5.74, 6) is 1.42. The highest BCUT2D eigenvalue weighted by Crippen LogP contribution is 2.27. The number of likely N-dealkylation sites (tertiary alicyclic amines) is 1. The number of piperidine rings is 1.